The zero-order valence-corrected chi connectivity index (χ0v) is 8.86. The normalized spacial score (nSPS) is 26.2. The summed E-state index contributed by atoms with van der Waals surface area (Å²) in [7, 11) is 0. The minimum absolute atomic E-state index is 0.269. The van der Waals surface area contributed by atoms with Crippen LogP contribution in [0.2, 0.25) is 0 Å². The maximum Gasteiger partial charge on any atom is 0.109 e. The van der Waals surface area contributed by atoms with Gasteiger partial charge in [0.15, 0.2) is 0 Å². The van der Waals surface area contributed by atoms with Gasteiger partial charge in [0, 0.05) is 6.42 Å². The van der Waals surface area contributed by atoms with Crippen molar-refractivity contribution in [3.63, 3.8) is 0 Å². The van der Waals surface area contributed by atoms with Crippen molar-refractivity contribution < 1.29 is 4.74 Å². The van der Waals surface area contributed by atoms with Crippen LogP contribution in [-0.4, -0.2) is 5.60 Å². The van der Waals surface area contributed by atoms with Gasteiger partial charge in [0.25, 0.3) is 0 Å². The number of ether oxygens (including phenoxy) is 1. The molecule has 0 aromatic rings. The third kappa shape index (κ3) is 1.74. The van der Waals surface area contributed by atoms with E-state index < -0.39 is 0 Å². The van der Waals surface area contributed by atoms with Gasteiger partial charge in [-0.2, -0.15) is 0 Å². The van der Waals surface area contributed by atoms with Crippen molar-refractivity contribution in [3.8, 4) is 0 Å². The van der Waals surface area contributed by atoms with E-state index in [1.165, 1.54) is 56.3 Å². The zero-order valence-electron chi connectivity index (χ0n) is 8.86. The van der Waals surface area contributed by atoms with Gasteiger partial charge < -0.3 is 4.74 Å². The van der Waals surface area contributed by atoms with E-state index in [2.05, 4.69) is 13.8 Å². The number of hydrogen-bond donors (Lipinski definition) is 0. The molecule has 1 saturated heterocycles. The predicted molar refractivity (Wildman–Crippen MR) is 54.5 cm³/mol. The molecule has 1 heterocycles. The van der Waals surface area contributed by atoms with Crippen molar-refractivity contribution in [2.45, 2.75) is 64.4 Å². The Labute approximate surface area is 81.2 Å². The highest BCUT2D eigenvalue weighted by Crippen LogP contribution is 2.44. The van der Waals surface area contributed by atoms with E-state index in [0.717, 1.165) is 0 Å². The Kier molecular flexibility index (Phi) is 2.35. The van der Waals surface area contributed by atoms with Gasteiger partial charge in [-0.05, 0) is 51.5 Å². The SMILES string of the molecule is CC(C)=C1CCC2(CCCCC2)O1. The Morgan fingerprint density at radius 1 is 1.08 bits per heavy atom. The minimum atomic E-state index is 0.269. The Bertz CT molecular complexity index is 217. The number of rotatable bonds is 0. The van der Waals surface area contributed by atoms with Crippen molar-refractivity contribution in [1.29, 1.82) is 0 Å². The first kappa shape index (κ1) is 9.11. The largest absolute Gasteiger partial charge is 0.492 e. The molecule has 2 fully saturated rings. The van der Waals surface area contributed by atoms with Crippen LogP contribution in [0.15, 0.2) is 11.3 Å². The Balaban J connectivity index is 2.07. The second-order valence-electron chi connectivity index (χ2n) is 4.77. The molecule has 1 aliphatic carbocycles. The lowest BCUT2D eigenvalue weighted by Crippen LogP contribution is -2.29. The summed E-state index contributed by atoms with van der Waals surface area (Å²) in [5.74, 6) is 1.28. The molecule has 0 amide bonds. The van der Waals surface area contributed by atoms with Crippen molar-refractivity contribution in [2.75, 3.05) is 0 Å². The summed E-state index contributed by atoms with van der Waals surface area (Å²) in [5.41, 5.74) is 1.65. The lowest BCUT2D eigenvalue weighted by molar-refractivity contribution is 0.00473. The smallest absolute Gasteiger partial charge is 0.109 e. The lowest BCUT2D eigenvalue weighted by atomic mass is 9.83. The zero-order chi connectivity index (χ0) is 9.31. The van der Waals surface area contributed by atoms with Crippen molar-refractivity contribution in [2.24, 2.45) is 0 Å². The van der Waals surface area contributed by atoms with Crippen LogP contribution >= 0.6 is 0 Å². The fraction of sp³-hybridized carbons (Fsp3) is 0.833. The molecule has 13 heavy (non-hydrogen) atoms. The molecule has 0 unspecified atom stereocenters. The Morgan fingerprint density at radius 2 is 1.77 bits per heavy atom. The van der Waals surface area contributed by atoms with E-state index >= 15 is 0 Å². The van der Waals surface area contributed by atoms with Crippen molar-refractivity contribution >= 4 is 0 Å². The standard InChI is InChI=1S/C12H20O/c1-10(2)11-6-9-12(13-11)7-4-3-5-8-12/h3-9H2,1-2H3. The minimum Gasteiger partial charge on any atom is -0.492 e. The van der Waals surface area contributed by atoms with Crippen LogP contribution in [0.3, 0.4) is 0 Å². The van der Waals surface area contributed by atoms with Crippen molar-refractivity contribution in [1.82, 2.24) is 0 Å². The molecular weight excluding hydrogens is 160 g/mol. The molecule has 0 aromatic carbocycles. The molecule has 1 spiro atoms. The first-order valence-corrected chi connectivity index (χ1v) is 5.57. The van der Waals surface area contributed by atoms with Gasteiger partial charge >= 0.3 is 0 Å². The second-order valence-corrected chi connectivity index (χ2v) is 4.77. The van der Waals surface area contributed by atoms with Gasteiger partial charge in [0.2, 0.25) is 0 Å². The number of allylic oxidation sites excluding steroid dienone is 2. The summed E-state index contributed by atoms with van der Waals surface area (Å²) in [6.07, 6.45) is 9.20. The average molecular weight is 180 g/mol. The van der Waals surface area contributed by atoms with Crippen molar-refractivity contribution in [3.05, 3.63) is 11.3 Å². The van der Waals surface area contributed by atoms with Crippen LogP contribution in [0.4, 0.5) is 0 Å². The average Bonchev–Trinajstić information content (AvgIpc) is 2.51. The lowest BCUT2D eigenvalue weighted by Gasteiger charge is -2.32. The summed E-state index contributed by atoms with van der Waals surface area (Å²) in [6.45, 7) is 4.33. The molecule has 0 N–H and O–H groups in total. The Hall–Kier alpha value is -0.460. The molecule has 1 aliphatic heterocycles. The van der Waals surface area contributed by atoms with Crippen LogP contribution in [-0.2, 0) is 4.74 Å². The third-order valence-electron chi connectivity index (χ3n) is 3.47. The molecule has 2 aliphatic rings. The molecule has 0 bridgehead atoms. The van der Waals surface area contributed by atoms with Gasteiger partial charge in [-0.15, -0.1) is 0 Å². The second kappa shape index (κ2) is 3.36. The topological polar surface area (TPSA) is 9.23 Å². The van der Waals surface area contributed by atoms with Crippen LogP contribution in [0, 0.1) is 0 Å². The summed E-state index contributed by atoms with van der Waals surface area (Å²) in [4.78, 5) is 0. The molecule has 2 rings (SSSR count). The molecule has 0 aromatic heterocycles. The maximum absolute atomic E-state index is 6.13. The maximum atomic E-state index is 6.13. The molecular formula is C12H20O. The monoisotopic (exact) mass is 180 g/mol. The molecule has 1 heteroatoms. The highest BCUT2D eigenvalue weighted by atomic mass is 16.5. The molecule has 74 valence electrons. The van der Waals surface area contributed by atoms with E-state index in [-0.39, 0.29) is 5.60 Å². The van der Waals surface area contributed by atoms with E-state index in [1.54, 1.807) is 0 Å². The molecule has 1 nitrogen and oxygen atoms in total. The van der Waals surface area contributed by atoms with Crippen LogP contribution in [0.1, 0.15) is 58.8 Å². The fourth-order valence-electron chi connectivity index (χ4n) is 2.60. The number of hydrogen-bond acceptors (Lipinski definition) is 1. The van der Waals surface area contributed by atoms with Gasteiger partial charge in [-0.1, -0.05) is 6.42 Å². The van der Waals surface area contributed by atoms with E-state index in [9.17, 15) is 0 Å². The Morgan fingerprint density at radius 3 is 2.31 bits per heavy atom. The van der Waals surface area contributed by atoms with Gasteiger partial charge in [0.1, 0.15) is 5.60 Å². The van der Waals surface area contributed by atoms with Gasteiger partial charge in [-0.25, -0.2) is 0 Å². The van der Waals surface area contributed by atoms with Crippen LogP contribution in [0.5, 0.6) is 0 Å². The third-order valence-corrected chi connectivity index (χ3v) is 3.47. The quantitative estimate of drug-likeness (QED) is 0.551. The molecule has 0 atom stereocenters. The molecule has 0 radical (unpaired) electrons. The molecule has 1 saturated carbocycles. The van der Waals surface area contributed by atoms with Gasteiger partial charge in [0.05, 0.1) is 5.76 Å². The van der Waals surface area contributed by atoms with E-state index in [4.69, 9.17) is 4.74 Å². The fourth-order valence-corrected chi connectivity index (χ4v) is 2.60. The highest BCUT2D eigenvalue weighted by molar-refractivity contribution is 5.10. The first-order valence-electron chi connectivity index (χ1n) is 5.57. The van der Waals surface area contributed by atoms with Crippen LogP contribution in [0.25, 0.3) is 0 Å². The predicted octanol–water partition coefficient (Wildman–Crippen LogP) is 3.79. The summed E-state index contributed by atoms with van der Waals surface area (Å²) < 4.78 is 6.13. The first-order chi connectivity index (χ1) is 6.22. The van der Waals surface area contributed by atoms with Gasteiger partial charge in [-0.3, -0.25) is 0 Å². The van der Waals surface area contributed by atoms with E-state index in [1.807, 2.05) is 0 Å². The summed E-state index contributed by atoms with van der Waals surface area (Å²) in [5, 5.41) is 0. The summed E-state index contributed by atoms with van der Waals surface area (Å²) >= 11 is 0. The van der Waals surface area contributed by atoms with E-state index in [0.29, 0.717) is 0 Å². The highest BCUT2D eigenvalue weighted by Gasteiger charge is 2.39. The van der Waals surface area contributed by atoms with Crippen LogP contribution < -0.4 is 0 Å². The summed E-state index contributed by atoms with van der Waals surface area (Å²) in [6, 6.07) is 0.